The lowest BCUT2D eigenvalue weighted by atomic mass is 10.3. The summed E-state index contributed by atoms with van der Waals surface area (Å²) in [5, 5.41) is 0. The van der Waals surface area contributed by atoms with Crippen molar-refractivity contribution in [1.82, 2.24) is 4.90 Å². The number of rotatable bonds is 1. The first-order valence-electron chi connectivity index (χ1n) is 6.50. The summed E-state index contributed by atoms with van der Waals surface area (Å²) in [6, 6.07) is 3.64. The third kappa shape index (κ3) is 3.41. The van der Waals surface area contributed by atoms with Crippen LogP contribution in [0, 0.1) is 0 Å². The summed E-state index contributed by atoms with van der Waals surface area (Å²) in [4.78, 5) is 13.9. The zero-order valence-electron chi connectivity index (χ0n) is 11.1. The summed E-state index contributed by atoms with van der Waals surface area (Å²) in [5.74, 6) is 1.68. The van der Waals surface area contributed by atoms with Crippen molar-refractivity contribution in [2.45, 2.75) is 0 Å². The molecule has 3 rings (SSSR count). The van der Waals surface area contributed by atoms with E-state index < -0.39 is 0 Å². The molecule has 1 fully saturated rings. The Morgan fingerprint density at radius 1 is 1.14 bits per heavy atom. The number of amides is 1. The van der Waals surface area contributed by atoms with E-state index in [1.165, 1.54) is 6.08 Å². The number of benzene rings is 1. The number of ether oxygens (including phenoxy) is 3. The van der Waals surface area contributed by atoms with Crippen LogP contribution >= 0.6 is 31.9 Å². The molecule has 7 heteroatoms. The maximum atomic E-state index is 12.1. The minimum atomic E-state index is -0.0727. The van der Waals surface area contributed by atoms with Gasteiger partial charge in [0.25, 0.3) is 0 Å². The number of carbonyl (C=O) groups excluding carboxylic acids is 1. The molecule has 5 nitrogen and oxygen atoms in total. The summed E-state index contributed by atoms with van der Waals surface area (Å²) in [5.41, 5.74) is 0. The molecule has 2 heterocycles. The van der Waals surface area contributed by atoms with E-state index in [2.05, 4.69) is 31.9 Å². The van der Waals surface area contributed by atoms with Crippen LogP contribution in [0.4, 0.5) is 0 Å². The molecule has 21 heavy (non-hydrogen) atoms. The van der Waals surface area contributed by atoms with Crippen LogP contribution < -0.4 is 9.47 Å². The van der Waals surface area contributed by atoms with E-state index in [0.717, 1.165) is 8.95 Å². The lowest BCUT2D eigenvalue weighted by Gasteiger charge is -2.26. The summed E-state index contributed by atoms with van der Waals surface area (Å²) >= 11 is 6.83. The highest BCUT2D eigenvalue weighted by atomic mass is 79.9. The van der Waals surface area contributed by atoms with Gasteiger partial charge in [0.2, 0.25) is 5.91 Å². The number of nitrogens with zero attached hydrogens (tertiary/aromatic N) is 1. The second-order valence-electron chi connectivity index (χ2n) is 4.65. The molecular formula is C14H13Br2NO4. The first kappa shape index (κ1) is 14.9. The highest BCUT2D eigenvalue weighted by Crippen LogP contribution is 2.39. The van der Waals surface area contributed by atoms with Gasteiger partial charge in [-0.25, -0.2) is 0 Å². The summed E-state index contributed by atoms with van der Waals surface area (Å²) in [6.45, 7) is 2.63. The Bertz CT molecular complexity index is 597. The Morgan fingerprint density at radius 2 is 1.81 bits per heavy atom. The van der Waals surface area contributed by atoms with Gasteiger partial charge in [0.1, 0.15) is 12.4 Å². The first-order valence-corrected chi connectivity index (χ1v) is 8.09. The van der Waals surface area contributed by atoms with Crippen LogP contribution in [-0.2, 0) is 9.53 Å². The number of halogens is 2. The topological polar surface area (TPSA) is 48.0 Å². The van der Waals surface area contributed by atoms with E-state index in [9.17, 15) is 4.79 Å². The molecule has 0 aromatic heterocycles. The summed E-state index contributed by atoms with van der Waals surface area (Å²) in [7, 11) is 0. The van der Waals surface area contributed by atoms with Crippen molar-refractivity contribution in [3.8, 4) is 11.5 Å². The minimum Gasteiger partial charge on any atom is -0.482 e. The van der Waals surface area contributed by atoms with Crippen molar-refractivity contribution in [3.63, 3.8) is 0 Å². The molecule has 2 aliphatic rings. The lowest BCUT2D eigenvalue weighted by molar-refractivity contribution is -0.130. The maximum absolute atomic E-state index is 12.1. The first-order chi connectivity index (χ1) is 10.1. The predicted molar refractivity (Wildman–Crippen MR) is 83.4 cm³/mol. The van der Waals surface area contributed by atoms with Crippen molar-refractivity contribution in [1.29, 1.82) is 0 Å². The number of morpholine rings is 1. The van der Waals surface area contributed by atoms with Crippen LogP contribution in [0.25, 0.3) is 0 Å². The predicted octanol–water partition coefficient (Wildman–Crippen LogP) is 2.73. The van der Waals surface area contributed by atoms with Gasteiger partial charge in [-0.05, 0) is 44.0 Å². The minimum absolute atomic E-state index is 0.0727. The highest BCUT2D eigenvalue weighted by molar-refractivity contribution is 9.13. The third-order valence-corrected chi connectivity index (χ3v) is 5.05. The average molecular weight is 419 g/mol. The molecule has 1 saturated heterocycles. The Kier molecular flexibility index (Phi) is 4.51. The molecule has 0 radical (unpaired) electrons. The van der Waals surface area contributed by atoms with Crippen LogP contribution in [0.5, 0.6) is 11.5 Å². The van der Waals surface area contributed by atoms with Gasteiger partial charge in [0, 0.05) is 28.1 Å². The van der Waals surface area contributed by atoms with Gasteiger partial charge in [0.15, 0.2) is 11.5 Å². The fourth-order valence-corrected chi connectivity index (χ4v) is 2.75. The molecule has 1 amide bonds. The monoisotopic (exact) mass is 417 g/mol. The second kappa shape index (κ2) is 6.37. The van der Waals surface area contributed by atoms with Gasteiger partial charge < -0.3 is 19.1 Å². The zero-order valence-corrected chi connectivity index (χ0v) is 14.3. The molecule has 0 saturated carbocycles. The van der Waals surface area contributed by atoms with Crippen molar-refractivity contribution in [3.05, 3.63) is 32.9 Å². The Labute approximate surface area is 139 Å². The molecule has 0 unspecified atom stereocenters. The fourth-order valence-electron chi connectivity index (χ4n) is 2.11. The highest BCUT2D eigenvalue weighted by Gasteiger charge is 2.21. The molecule has 2 aliphatic heterocycles. The van der Waals surface area contributed by atoms with Gasteiger partial charge in [-0.2, -0.15) is 0 Å². The van der Waals surface area contributed by atoms with E-state index in [1.807, 2.05) is 12.1 Å². The molecule has 0 atom stereocenters. The smallest absolute Gasteiger partial charge is 0.250 e. The molecular weight excluding hydrogens is 406 g/mol. The normalized spacial score (nSPS) is 19.7. The van der Waals surface area contributed by atoms with Crippen molar-refractivity contribution in [2.75, 3.05) is 32.9 Å². The van der Waals surface area contributed by atoms with Gasteiger partial charge >= 0.3 is 0 Å². The largest absolute Gasteiger partial charge is 0.482 e. The Hall–Kier alpha value is -1.05. The molecule has 112 valence electrons. The van der Waals surface area contributed by atoms with E-state index in [1.54, 1.807) is 4.90 Å². The molecule has 0 aliphatic carbocycles. The van der Waals surface area contributed by atoms with Crippen LogP contribution in [-0.4, -0.2) is 43.7 Å². The van der Waals surface area contributed by atoms with E-state index >= 15 is 0 Å². The standard InChI is InChI=1S/C14H13Br2NO4/c15-10-6-12-13(7-11(10)16)21-9(8-20-12)5-14(18)17-1-3-19-4-2-17/h5-7H,1-4,8H2/b9-5-. The second-order valence-corrected chi connectivity index (χ2v) is 6.36. The summed E-state index contributed by atoms with van der Waals surface area (Å²) in [6.07, 6.45) is 1.49. The van der Waals surface area contributed by atoms with E-state index in [4.69, 9.17) is 14.2 Å². The molecule has 0 spiro atoms. The summed E-state index contributed by atoms with van der Waals surface area (Å²) < 4.78 is 18.3. The third-order valence-electron chi connectivity index (χ3n) is 3.20. The SMILES string of the molecule is O=C(/C=C1/COc2cc(Br)c(Br)cc2O1)N1CCOCC1. The van der Waals surface area contributed by atoms with Crippen LogP contribution in [0.15, 0.2) is 32.9 Å². The molecule has 0 bridgehead atoms. The van der Waals surface area contributed by atoms with Crippen LogP contribution in [0.3, 0.4) is 0 Å². The van der Waals surface area contributed by atoms with E-state index in [-0.39, 0.29) is 12.5 Å². The lowest BCUT2D eigenvalue weighted by Crippen LogP contribution is -2.40. The van der Waals surface area contributed by atoms with Crippen LogP contribution in [0.2, 0.25) is 0 Å². The number of fused-ring (bicyclic) bond motifs is 1. The quantitative estimate of drug-likeness (QED) is 0.658. The maximum Gasteiger partial charge on any atom is 0.250 e. The molecule has 1 aromatic carbocycles. The van der Waals surface area contributed by atoms with Crippen molar-refractivity contribution >= 4 is 37.8 Å². The Morgan fingerprint density at radius 3 is 2.52 bits per heavy atom. The number of hydrogen-bond donors (Lipinski definition) is 0. The van der Waals surface area contributed by atoms with Gasteiger partial charge in [-0.1, -0.05) is 0 Å². The van der Waals surface area contributed by atoms with Gasteiger partial charge in [-0.3, -0.25) is 4.79 Å². The van der Waals surface area contributed by atoms with Gasteiger partial charge in [-0.15, -0.1) is 0 Å². The van der Waals surface area contributed by atoms with E-state index in [0.29, 0.717) is 43.6 Å². The van der Waals surface area contributed by atoms with Crippen molar-refractivity contribution in [2.24, 2.45) is 0 Å². The Balaban J connectivity index is 1.74. The molecule has 0 N–H and O–H groups in total. The average Bonchev–Trinajstić information content (AvgIpc) is 2.49. The molecule has 1 aromatic rings. The zero-order chi connectivity index (χ0) is 14.8. The fraction of sp³-hybridized carbons (Fsp3) is 0.357. The number of hydrogen-bond acceptors (Lipinski definition) is 4. The number of carbonyl (C=O) groups is 1. The van der Waals surface area contributed by atoms with Gasteiger partial charge in [0.05, 0.1) is 13.2 Å². The van der Waals surface area contributed by atoms with Crippen LogP contribution in [0.1, 0.15) is 0 Å². The van der Waals surface area contributed by atoms with Crippen molar-refractivity contribution < 1.29 is 19.0 Å².